The van der Waals surface area contributed by atoms with E-state index in [4.69, 9.17) is 20.8 Å². The molecular weight excluding hydrogens is 591 g/mol. The lowest BCUT2D eigenvalue weighted by Crippen LogP contribution is -2.18. The molecule has 0 fully saturated rings. The van der Waals surface area contributed by atoms with Gasteiger partial charge in [-0.2, -0.15) is 0 Å². The molecule has 7 nitrogen and oxygen atoms in total. The molecule has 0 aliphatic carbocycles. The number of nitrogens with zero attached hydrogens (tertiary/aromatic N) is 2. The number of aromatic nitrogens is 2. The SMILES string of the molecule is C=CC(=O)Nc1cccc(-c2c(-c3ccccc3)oc3ncnc(NC(COCc4cccc(F)c4)c4ccc(Cl)cc4)c23)c1. The third-order valence-corrected chi connectivity index (χ3v) is 7.41. The zero-order chi connectivity index (χ0) is 31.2. The number of anilines is 2. The molecule has 2 N–H and O–H groups in total. The minimum atomic E-state index is -0.366. The van der Waals surface area contributed by atoms with E-state index in [1.54, 1.807) is 12.1 Å². The van der Waals surface area contributed by atoms with Gasteiger partial charge in [0.05, 0.1) is 24.6 Å². The first-order valence-corrected chi connectivity index (χ1v) is 14.6. The normalized spacial score (nSPS) is 11.7. The Morgan fingerprint density at radius 1 is 0.956 bits per heavy atom. The van der Waals surface area contributed by atoms with E-state index in [0.29, 0.717) is 33.4 Å². The zero-order valence-corrected chi connectivity index (χ0v) is 24.8. The predicted molar refractivity (Wildman–Crippen MR) is 175 cm³/mol. The van der Waals surface area contributed by atoms with Gasteiger partial charge in [-0.25, -0.2) is 14.4 Å². The second kappa shape index (κ2) is 13.5. The van der Waals surface area contributed by atoms with Crippen molar-refractivity contribution in [2.45, 2.75) is 12.6 Å². The monoisotopic (exact) mass is 618 g/mol. The summed E-state index contributed by atoms with van der Waals surface area (Å²) in [5, 5.41) is 7.65. The molecule has 9 heteroatoms. The van der Waals surface area contributed by atoms with Crippen molar-refractivity contribution >= 4 is 40.1 Å². The van der Waals surface area contributed by atoms with Crippen LogP contribution in [0.5, 0.6) is 0 Å². The third kappa shape index (κ3) is 6.93. The van der Waals surface area contributed by atoms with Crippen molar-refractivity contribution in [3.05, 3.63) is 144 Å². The average molecular weight is 619 g/mol. The van der Waals surface area contributed by atoms with Crippen LogP contribution in [0.2, 0.25) is 5.02 Å². The van der Waals surface area contributed by atoms with Gasteiger partial charge >= 0.3 is 0 Å². The quantitative estimate of drug-likeness (QED) is 0.141. The van der Waals surface area contributed by atoms with Gasteiger partial charge in [-0.15, -0.1) is 0 Å². The molecule has 1 atom stereocenters. The number of fused-ring (bicyclic) bond motifs is 1. The van der Waals surface area contributed by atoms with Crippen LogP contribution in [-0.2, 0) is 16.1 Å². The maximum absolute atomic E-state index is 13.8. The molecular formula is C36H28ClFN4O3. The Kier molecular flexibility index (Phi) is 8.96. The lowest BCUT2D eigenvalue weighted by molar-refractivity contribution is -0.111. The smallest absolute Gasteiger partial charge is 0.247 e. The van der Waals surface area contributed by atoms with Crippen molar-refractivity contribution in [2.24, 2.45) is 0 Å². The lowest BCUT2D eigenvalue weighted by Gasteiger charge is -2.21. The molecule has 0 radical (unpaired) electrons. The summed E-state index contributed by atoms with van der Waals surface area (Å²) in [5.74, 6) is 0.492. The molecule has 0 saturated heterocycles. The molecule has 1 unspecified atom stereocenters. The van der Waals surface area contributed by atoms with Crippen LogP contribution >= 0.6 is 11.6 Å². The number of nitrogens with one attached hydrogen (secondary N) is 2. The summed E-state index contributed by atoms with van der Waals surface area (Å²) in [6.07, 6.45) is 2.67. The van der Waals surface area contributed by atoms with Gasteiger partial charge in [0.25, 0.3) is 0 Å². The van der Waals surface area contributed by atoms with Crippen LogP contribution in [0, 0.1) is 5.82 Å². The second-order valence-electron chi connectivity index (χ2n) is 10.2. The molecule has 45 heavy (non-hydrogen) atoms. The number of hydrogen-bond donors (Lipinski definition) is 2. The van der Waals surface area contributed by atoms with E-state index >= 15 is 0 Å². The molecule has 224 valence electrons. The Morgan fingerprint density at radius 3 is 2.51 bits per heavy atom. The molecule has 6 aromatic rings. The van der Waals surface area contributed by atoms with Crippen LogP contribution in [0.4, 0.5) is 15.9 Å². The van der Waals surface area contributed by atoms with Crippen molar-refractivity contribution in [3.63, 3.8) is 0 Å². The number of furan rings is 1. The van der Waals surface area contributed by atoms with E-state index in [1.807, 2.05) is 78.9 Å². The minimum Gasteiger partial charge on any atom is -0.437 e. The summed E-state index contributed by atoms with van der Waals surface area (Å²) in [7, 11) is 0. The lowest BCUT2D eigenvalue weighted by atomic mass is 9.98. The van der Waals surface area contributed by atoms with Crippen molar-refractivity contribution in [3.8, 4) is 22.5 Å². The number of rotatable bonds is 11. The highest BCUT2D eigenvalue weighted by Crippen LogP contribution is 2.43. The molecule has 2 heterocycles. The van der Waals surface area contributed by atoms with Gasteiger partial charge in [0.1, 0.15) is 23.7 Å². The standard InChI is InChI=1S/C36H28ClFN4O3/c1-2-31(43)41-29-13-7-11-26(19-29)32-33-35(39-22-40-36(33)45-34(32)25-9-4-3-5-10-25)42-30(24-14-16-27(37)17-15-24)21-44-20-23-8-6-12-28(38)18-23/h2-19,22,30H,1,20-21H2,(H,41,43)(H,39,40,42). The largest absolute Gasteiger partial charge is 0.437 e. The highest BCUT2D eigenvalue weighted by atomic mass is 35.5. The molecule has 6 rings (SSSR count). The van der Waals surface area contributed by atoms with Crippen LogP contribution < -0.4 is 10.6 Å². The summed E-state index contributed by atoms with van der Waals surface area (Å²) in [6, 6.07) is 30.6. The van der Waals surface area contributed by atoms with Crippen molar-refractivity contribution < 1.29 is 18.3 Å². The first-order chi connectivity index (χ1) is 22.0. The molecule has 1 amide bonds. The fourth-order valence-electron chi connectivity index (χ4n) is 5.06. The first-order valence-electron chi connectivity index (χ1n) is 14.2. The maximum atomic E-state index is 13.8. The minimum absolute atomic E-state index is 0.223. The van der Waals surface area contributed by atoms with Gasteiger partial charge in [-0.1, -0.05) is 84.9 Å². The summed E-state index contributed by atoms with van der Waals surface area (Å²) in [4.78, 5) is 21.2. The van der Waals surface area contributed by atoms with Gasteiger partial charge < -0.3 is 19.8 Å². The fraction of sp³-hybridized carbons (Fsp3) is 0.0833. The number of carbonyl (C=O) groups excluding carboxylic acids is 1. The average Bonchev–Trinajstić information content (AvgIpc) is 3.46. The van der Waals surface area contributed by atoms with Gasteiger partial charge in [0.2, 0.25) is 11.6 Å². The zero-order valence-electron chi connectivity index (χ0n) is 24.0. The highest BCUT2D eigenvalue weighted by molar-refractivity contribution is 6.30. The summed E-state index contributed by atoms with van der Waals surface area (Å²) < 4.78 is 26.2. The van der Waals surface area contributed by atoms with Gasteiger partial charge in [0, 0.05) is 21.8 Å². The number of ether oxygens (including phenoxy) is 1. The third-order valence-electron chi connectivity index (χ3n) is 7.15. The molecule has 2 aromatic heterocycles. The van der Waals surface area contributed by atoms with E-state index in [9.17, 15) is 9.18 Å². The van der Waals surface area contributed by atoms with Crippen LogP contribution in [0.25, 0.3) is 33.6 Å². The van der Waals surface area contributed by atoms with Crippen LogP contribution in [0.15, 0.2) is 127 Å². The van der Waals surface area contributed by atoms with Crippen molar-refractivity contribution in [1.29, 1.82) is 0 Å². The van der Waals surface area contributed by atoms with Gasteiger partial charge in [-0.3, -0.25) is 4.79 Å². The van der Waals surface area contributed by atoms with Gasteiger partial charge in [0.15, 0.2) is 0 Å². The number of halogens is 2. The Labute approximate surface area is 264 Å². The predicted octanol–water partition coefficient (Wildman–Crippen LogP) is 8.84. The Bertz CT molecular complexity index is 1960. The van der Waals surface area contributed by atoms with E-state index in [1.165, 1.54) is 24.5 Å². The van der Waals surface area contributed by atoms with Crippen LogP contribution in [0.3, 0.4) is 0 Å². The molecule has 0 aliphatic heterocycles. The Morgan fingerprint density at radius 2 is 1.73 bits per heavy atom. The number of amides is 1. The maximum Gasteiger partial charge on any atom is 0.247 e. The molecule has 0 spiro atoms. The molecule has 0 saturated carbocycles. The van der Waals surface area contributed by atoms with Crippen LogP contribution in [-0.4, -0.2) is 22.5 Å². The van der Waals surface area contributed by atoms with Crippen molar-refractivity contribution in [2.75, 3.05) is 17.2 Å². The van der Waals surface area contributed by atoms with Crippen molar-refractivity contribution in [1.82, 2.24) is 9.97 Å². The molecule has 0 bridgehead atoms. The number of benzene rings is 4. The fourth-order valence-corrected chi connectivity index (χ4v) is 5.19. The first kappa shape index (κ1) is 29.7. The van der Waals surface area contributed by atoms with E-state index in [2.05, 4.69) is 27.2 Å². The highest BCUT2D eigenvalue weighted by Gasteiger charge is 2.24. The number of hydrogen-bond acceptors (Lipinski definition) is 6. The van der Waals surface area contributed by atoms with E-state index in [-0.39, 0.29) is 31.0 Å². The van der Waals surface area contributed by atoms with E-state index < -0.39 is 0 Å². The molecule has 0 aliphatic rings. The topological polar surface area (TPSA) is 89.3 Å². The Balaban J connectivity index is 1.43. The summed E-state index contributed by atoms with van der Waals surface area (Å²) in [5.41, 5.74) is 5.02. The Hall–Kier alpha value is -5.31. The second-order valence-corrected chi connectivity index (χ2v) is 10.7. The number of carbonyl (C=O) groups is 1. The molecule has 4 aromatic carbocycles. The summed E-state index contributed by atoms with van der Waals surface area (Å²) in [6.45, 7) is 4.01. The van der Waals surface area contributed by atoms with Crippen LogP contribution in [0.1, 0.15) is 17.2 Å². The summed E-state index contributed by atoms with van der Waals surface area (Å²) >= 11 is 6.21. The van der Waals surface area contributed by atoms with E-state index in [0.717, 1.165) is 27.8 Å². The van der Waals surface area contributed by atoms with Gasteiger partial charge in [-0.05, 0) is 59.2 Å².